The molecule has 1 fully saturated rings. The van der Waals surface area contributed by atoms with Crippen LogP contribution < -0.4 is 10.6 Å². The van der Waals surface area contributed by atoms with Gasteiger partial charge in [-0.05, 0) is 18.3 Å². The molecule has 0 heterocycles. The molecule has 0 aromatic carbocycles. The van der Waals surface area contributed by atoms with Crippen LogP contribution in [0.3, 0.4) is 0 Å². The molecule has 0 aromatic heterocycles. The Kier molecular flexibility index (Phi) is 4.78. The molecule has 94 valence electrons. The van der Waals surface area contributed by atoms with Crippen molar-refractivity contribution in [2.45, 2.75) is 53.0 Å². The third-order valence-electron chi connectivity index (χ3n) is 3.55. The largest absolute Gasteiger partial charge is 0.355 e. The lowest BCUT2D eigenvalue weighted by Crippen LogP contribution is -2.40. The highest BCUT2D eigenvalue weighted by Gasteiger charge is 2.38. The van der Waals surface area contributed by atoms with Crippen molar-refractivity contribution in [3.05, 3.63) is 0 Å². The van der Waals surface area contributed by atoms with Crippen molar-refractivity contribution >= 4 is 5.91 Å². The van der Waals surface area contributed by atoms with E-state index in [0.717, 1.165) is 19.5 Å². The molecule has 0 bridgehead atoms. The summed E-state index contributed by atoms with van der Waals surface area (Å²) in [5.41, 5.74) is 0.190. The predicted octanol–water partition coefficient (Wildman–Crippen LogP) is 1.93. The Morgan fingerprint density at radius 3 is 2.56 bits per heavy atom. The molecule has 3 heteroatoms. The van der Waals surface area contributed by atoms with Gasteiger partial charge in [0, 0.05) is 25.0 Å². The summed E-state index contributed by atoms with van der Waals surface area (Å²) in [6.07, 6.45) is 3.42. The zero-order valence-corrected chi connectivity index (χ0v) is 11.1. The Morgan fingerprint density at radius 1 is 1.38 bits per heavy atom. The Hall–Kier alpha value is -0.570. The van der Waals surface area contributed by atoms with Crippen LogP contribution in [0.2, 0.25) is 0 Å². The first-order valence-electron chi connectivity index (χ1n) is 6.44. The van der Waals surface area contributed by atoms with E-state index < -0.39 is 0 Å². The molecule has 0 saturated heterocycles. The maximum absolute atomic E-state index is 12.0. The molecule has 1 saturated carbocycles. The normalized spacial score (nSPS) is 23.7. The van der Waals surface area contributed by atoms with Gasteiger partial charge < -0.3 is 10.6 Å². The average Bonchev–Trinajstić information content (AvgIpc) is 2.52. The predicted molar refractivity (Wildman–Crippen MR) is 67.3 cm³/mol. The first kappa shape index (κ1) is 13.5. The molecule has 0 aliphatic heterocycles. The lowest BCUT2D eigenvalue weighted by molar-refractivity contribution is -0.127. The van der Waals surface area contributed by atoms with Gasteiger partial charge in [0.15, 0.2) is 0 Å². The second-order valence-electron chi connectivity index (χ2n) is 5.83. The number of nitrogens with one attached hydrogen (secondary N) is 2. The standard InChI is InChI=1S/C13H26N2O/c1-10(2)14-8-9-15-12(16)11-6-5-7-13(11,3)4/h10-11,14H,5-9H2,1-4H3,(H,15,16). The highest BCUT2D eigenvalue weighted by atomic mass is 16.1. The minimum Gasteiger partial charge on any atom is -0.355 e. The van der Waals surface area contributed by atoms with E-state index >= 15 is 0 Å². The third kappa shape index (κ3) is 3.78. The lowest BCUT2D eigenvalue weighted by atomic mass is 9.81. The van der Waals surface area contributed by atoms with Crippen molar-refractivity contribution in [3.63, 3.8) is 0 Å². The van der Waals surface area contributed by atoms with Crippen LogP contribution in [0.15, 0.2) is 0 Å². The summed E-state index contributed by atoms with van der Waals surface area (Å²) < 4.78 is 0. The average molecular weight is 226 g/mol. The minimum absolute atomic E-state index is 0.190. The fourth-order valence-corrected chi connectivity index (χ4v) is 2.48. The van der Waals surface area contributed by atoms with E-state index in [1.807, 2.05) is 0 Å². The molecule has 0 spiro atoms. The zero-order chi connectivity index (χ0) is 12.2. The van der Waals surface area contributed by atoms with E-state index in [2.05, 4.69) is 38.3 Å². The molecule has 1 rings (SSSR count). The number of rotatable bonds is 5. The van der Waals surface area contributed by atoms with Crippen molar-refractivity contribution in [1.29, 1.82) is 0 Å². The Morgan fingerprint density at radius 2 is 2.06 bits per heavy atom. The van der Waals surface area contributed by atoms with Crippen molar-refractivity contribution in [3.8, 4) is 0 Å². The highest BCUT2D eigenvalue weighted by Crippen LogP contribution is 2.42. The topological polar surface area (TPSA) is 41.1 Å². The molecular weight excluding hydrogens is 200 g/mol. The van der Waals surface area contributed by atoms with Crippen LogP contribution in [0.25, 0.3) is 0 Å². The quantitative estimate of drug-likeness (QED) is 0.703. The summed E-state index contributed by atoms with van der Waals surface area (Å²) in [6, 6.07) is 0.486. The summed E-state index contributed by atoms with van der Waals surface area (Å²) >= 11 is 0. The lowest BCUT2D eigenvalue weighted by Gasteiger charge is -2.25. The van der Waals surface area contributed by atoms with Crippen LogP contribution in [0.4, 0.5) is 0 Å². The van der Waals surface area contributed by atoms with Gasteiger partial charge in [-0.1, -0.05) is 34.1 Å². The third-order valence-corrected chi connectivity index (χ3v) is 3.55. The molecule has 2 N–H and O–H groups in total. The molecule has 1 aliphatic carbocycles. The smallest absolute Gasteiger partial charge is 0.223 e. The van der Waals surface area contributed by atoms with E-state index in [4.69, 9.17) is 0 Å². The Balaban J connectivity index is 2.25. The second-order valence-corrected chi connectivity index (χ2v) is 5.83. The first-order chi connectivity index (χ1) is 7.43. The fourth-order valence-electron chi connectivity index (χ4n) is 2.48. The summed E-state index contributed by atoms with van der Waals surface area (Å²) in [7, 11) is 0. The van der Waals surface area contributed by atoms with Crippen molar-refractivity contribution in [2.75, 3.05) is 13.1 Å². The Labute approximate surface area is 99.4 Å². The van der Waals surface area contributed by atoms with Gasteiger partial charge in [-0.2, -0.15) is 0 Å². The number of carbonyl (C=O) groups excluding carboxylic acids is 1. The van der Waals surface area contributed by atoms with Crippen molar-refractivity contribution < 1.29 is 4.79 Å². The van der Waals surface area contributed by atoms with Gasteiger partial charge in [-0.25, -0.2) is 0 Å². The van der Waals surface area contributed by atoms with Gasteiger partial charge in [0.25, 0.3) is 0 Å². The van der Waals surface area contributed by atoms with Crippen LogP contribution in [0.1, 0.15) is 47.0 Å². The molecule has 16 heavy (non-hydrogen) atoms. The maximum Gasteiger partial charge on any atom is 0.223 e. The van der Waals surface area contributed by atoms with E-state index in [1.165, 1.54) is 12.8 Å². The monoisotopic (exact) mass is 226 g/mol. The number of amides is 1. The van der Waals surface area contributed by atoms with Crippen LogP contribution in [0.5, 0.6) is 0 Å². The zero-order valence-electron chi connectivity index (χ0n) is 11.1. The number of carbonyl (C=O) groups is 1. The molecule has 1 unspecified atom stereocenters. The molecule has 0 radical (unpaired) electrons. The van der Waals surface area contributed by atoms with Gasteiger partial charge in [-0.3, -0.25) is 4.79 Å². The molecule has 1 atom stereocenters. The van der Waals surface area contributed by atoms with Crippen molar-refractivity contribution in [1.82, 2.24) is 10.6 Å². The van der Waals surface area contributed by atoms with Crippen LogP contribution in [0, 0.1) is 11.3 Å². The van der Waals surface area contributed by atoms with Crippen LogP contribution in [-0.2, 0) is 4.79 Å². The highest BCUT2D eigenvalue weighted by molar-refractivity contribution is 5.79. The molecular formula is C13H26N2O. The fraction of sp³-hybridized carbons (Fsp3) is 0.923. The molecule has 1 aliphatic rings. The van der Waals surface area contributed by atoms with Gasteiger partial charge in [0.1, 0.15) is 0 Å². The van der Waals surface area contributed by atoms with Gasteiger partial charge in [0.2, 0.25) is 5.91 Å². The van der Waals surface area contributed by atoms with Gasteiger partial charge >= 0.3 is 0 Å². The van der Waals surface area contributed by atoms with Crippen molar-refractivity contribution in [2.24, 2.45) is 11.3 Å². The van der Waals surface area contributed by atoms with E-state index in [9.17, 15) is 4.79 Å². The summed E-state index contributed by atoms with van der Waals surface area (Å²) in [4.78, 5) is 12.0. The number of hydrogen-bond donors (Lipinski definition) is 2. The van der Waals surface area contributed by atoms with Crippen LogP contribution in [-0.4, -0.2) is 25.0 Å². The maximum atomic E-state index is 12.0. The molecule has 1 amide bonds. The second kappa shape index (κ2) is 5.67. The Bertz CT molecular complexity index is 236. The summed E-state index contributed by atoms with van der Waals surface area (Å²) in [5.74, 6) is 0.458. The van der Waals surface area contributed by atoms with Crippen LogP contribution >= 0.6 is 0 Å². The van der Waals surface area contributed by atoms with E-state index in [1.54, 1.807) is 0 Å². The number of hydrogen-bond acceptors (Lipinski definition) is 2. The SMILES string of the molecule is CC(C)NCCNC(=O)C1CCCC1(C)C. The van der Waals surface area contributed by atoms with E-state index in [0.29, 0.717) is 6.04 Å². The molecule has 0 aromatic rings. The van der Waals surface area contributed by atoms with E-state index in [-0.39, 0.29) is 17.2 Å². The first-order valence-corrected chi connectivity index (χ1v) is 6.44. The van der Waals surface area contributed by atoms with Gasteiger partial charge in [-0.15, -0.1) is 0 Å². The minimum atomic E-state index is 0.190. The molecule has 3 nitrogen and oxygen atoms in total. The summed E-state index contributed by atoms with van der Waals surface area (Å²) in [5, 5.41) is 6.33. The summed E-state index contributed by atoms with van der Waals surface area (Å²) in [6.45, 7) is 10.2. The van der Waals surface area contributed by atoms with Gasteiger partial charge in [0.05, 0.1) is 0 Å².